The Labute approximate surface area is 328 Å². The minimum Gasteiger partial charge on any atom is -0.456 e. The molecule has 0 aliphatic heterocycles. The highest BCUT2D eigenvalue weighted by molar-refractivity contribution is 6.27. The maximum absolute atomic E-state index is 6.65. The van der Waals surface area contributed by atoms with Crippen LogP contribution in [0, 0.1) is 0 Å². The third kappa shape index (κ3) is 5.72. The molecule has 0 aliphatic carbocycles. The Morgan fingerprint density at radius 2 is 0.807 bits per heavy atom. The summed E-state index contributed by atoms with van der Waals surface area (Å²) >= 11 is 0. The molecule has 0 bridgehead atoms. The largest absolute Gasteiger partial charge is 0.456 e. The van der Waals surface area contributed by atoms with Crippen molar-refractivity contribution in [2.24, 2.45) is 0 Å². The molecule has 0 fully saturated rings. The quantitative estimate of drug-likeness (QED) is 0.160. The van der Waals surface area contributed by atoms with Gasteiger partial charge in [0, 0.05) is 54.7 Å². The van der Waals surface area contributed by atoms with Crippen molar-refractivity contribution in [3.8, 4) is 67.7 Å². The number of hydrogen-bond donors (Lipinski definition) is 0. The monoisotopic (exact) mass is 728 g/mol. The summed E-state index contributed by atoms with van der Waals surface area (Å²) in [5.41, 5.74) is 11.7. The zero-order chi connectivity index (χ0) is 37.7. The van der Waals surface area contributed by atoms with E-state index in [1.54, 1.807) is 0 Å². The molecule has 11 rings (SSSR count). The molecule has 8 aromatic carbocycles. The van der Waals surface area contributed by atoms with E-state index < -0.39 is 0 Å². The topological polar surface area (TPSA) is 64.7 Å². The zero-order valence-corrected chi connectivity index (χ0v) is 30.7. The molecule has 0 saturated carbocycles. The Hall–Kier alpha value is -7.76. The third-order valence-electron chi connectivity index (χ3n) is 10.7. The molecule has 5 nitrogen and oxygen atoms in total. The van der Waals surface area contributed by atoms with Gasteiger partial charge in [0.2, 0.25) is 0 Å². The van der Waals surface area contributed by atoms with E-state index >= 15 is 0 Å². The summed E-state index contributed by atoms with van der Waals surface area (Å²) in [7, 11) is 0. The number of aromatic nitrogens is 4. The number of benzene rings is 8. The summed E-state index contributed by atoms with van der Waals surface area (Å²) in [5, 5.41) is 5.35. The normalized spacial score (nSPS) is 11.5. The van der Waals surface area contributed by atoms with Gasteiger partial charge < -0.3 is 4.42 Å². The van der Waals surface area contributed by atoms with Crippen LogP contribution in [0.25, 0.3) is 111 Å². The van der Waals surface area contributed by atoms with Crippen LogP contribution >= 0.6 is 0 Å². The molecule has 266 valence electrons. The number of furan rings is 1. The van der Waals surface area contributed by atoms with Crippen LogP contribution in [0.1, 0.15) is 0 Å². The maximum atomic E-state index is 6.65. The van der Waals surface area contributed by atoms with Gasteiger partial charge in [0.05, 0.1) is 11.2 Å². The van der Waals surface area contributed by atoms with E-state index in [1.807, 2.05) is 54.6 Å². The molecule has 5 heteroatoms. The average molecular weight is 729 g/mol. The first-order chi connectivity index (χ1) is 28.2. The fourth-order valence-electron chi connectivity index (χ4n) is 8.03. The Bertz CT molecular complexity index is 3270. The first kappa shape index (κ1) is 32.7. The van der Waals surface area contributed by atoms with Crippen molar-refractivity contribution < 1.29 is 4.42 Å². The summed E-state index contributed by atoms with van der Waals surface area (Å²) in [6, 6.07) is 66.8. The highest BCUT2D eigenvalue weighted by atomic mass is 16.3. The SMILES string of the molecule is c1ccc(-c2ccc(-c3nc(-c4ccccc4)nc(-c4cccc(-c5c6c(cc7c(-c8ccccc8)nc8ccccc8c57)oc5ccccc56)c4)n3)cc2)cc1. The summed E-state index contributed by atoms with van der Waals surface area (Å²) < 4.78 is 6.65. The Kier molecular flexibility index (Phi) is 7.74. The predicted molar refractivity (Wildman–Crippen MR) is 233 cm³/mol. The van der Waals surface area contributed by atoms with Gasteiger partial charge in [0.25, 0.3) is 0 Å². The van der Waals surface area contributed by atoms with E-state index in [4.69, 9.17) is 24.4 Å². The van der Waals surface area contributed by atoms with Crippen molar-refractivity contribution in [1.82, 2.24) is 19.9 Å². The fraction of sp³-hybridized carbons (Fsp3) is 0. The number of hydrogen-bond acceptors (Lipinski definition) is 5. The molecule has 0 amide bonds. The van der Waals surface area contributed by atoms with E-state index in [0.717, 1.165) is 93.8 Å². The van der Waals surface area contributed by atoms with Gasteiger partial charge in [-0.05, 0) is 41.0 Å². The zero-order valence-electron chi connectivity index (χ0n) is 30.7. The summed E-state index contributed by atoms with van der Waals surface area (Å²) in [6.07, 6.45) is 0. The van der Waals surface area contributed by atoms with Crippen LogP contribution in [0.3, 0.4) is 0 Å². The summed E-state index contributed by atoms with van der Waals surface area (Å²) in [5.74, 6) is 1.82. The van der Waals surface area contributed by atoms with Gasteiger partial charge >= 0.3 is 0 Å². The number of rotatable bonds is 6. The van der Waals surface area contributed by atoms with Crippen molar-refractivity contribution in [2.75, 3.05) is 0 Å². The molecule has 3 heterocycles. The minimum absolute atomic E-state index is 0.595. The first-order valence-electron chi connectivity index (χ1n) is 19.1. The molecule has 0 radical (unpaired) electrons. The van der Waals surface area contributed by atoms with E-state index in [0.29, 0.717) is 17.5 Å². The van der Waals surface area contributed by atoms with E-state index in [-0.39, 0.29) is 0 Å². The molecule has 3 aromatic heterocycles. The lowest BCUT2D eigenvalue weighted by atomic mass is 9.89. The van der Waals surface area contributed by atoms with Gasteiger partial charge in [0.1, 0.15) is 11.2 Å². The molecular weight excluding hydrogens is 697 g/mol. The standard InChI is InChI=1S/C52H32N4O/c1-4-15-33(16-5-1)34-27-29-37(30-28-34)51-54-50(36-19-8-3-9-20-36)55-52(56-51)39-22-14-21-38(31-39)46-47-40-23-10-12-25-43(40)53-49(35-17-6-2-7-18-35)42(47)32-45-48(46)41-24-11-13-26-44(41)57-45/h1-32H. The van der Waals surface area contributed by atoms with Crippen LogP contribution in [-0.2, 0) is 0 Å². The fourth-order valence-corrected chi connectivity index (χ4v) is 8.03. The smallest absolute Gasteiger partial charge is 0.164 e. The minimum atomic E-state index is 0.595. The molecule has 0 N–H and O–H groups in total. The molecule has 57 heavy (non-hydrogen) atoms. The lowest BCUT2D eigenvalue weighted by molar-refractivity contribution is 0.669. The Morgan fingerprint density at radius 3 is 1.53 bits per heavy atom. The lowest BCUT2D eigenvalue weighted by Gasteiger charge is -2.16. The van der Waals surface area contributed by atoms with Gasteiger partial charge in [0.15, 0.2) is 17.5 Å². The van der Waals surface area contributed by atoms with E-state index in [1.165, 1.54) is 0 Å². The van der Waals surface area contributed by atoms with Crippen molar-refractivity contribution in [3.63, 3.8) is 0 Å². The molecule has 0 atom stereocenters. The van der Waals surface area contributed by atoms with Gasteiger partial charge in [-0.2, -0.15) is 0 Å². The van der Waals surface area contributed by atoms with Gasteiger partial charge in [-0.25, -0.2) is 19.9 Å². The van der Waals surface area contributed by atoms with E-state index in [2.05, 4.69) is 140 Å². The molecule has 0 spiro atoms. The van der Waals surface area contributed by atoms with Crippen LogP contribution in [0.5, 0.6) is 0 Å². The first-order valence-corrected chi connectivity index (χ1v) is 19.1. The van der Waals surface area contributed by atoms with Gasteiger partial charge in [-0.15, -0.1) is 0 Å². The Morgan fingerprint density at radius 1 is 0.298 bits per heavy atom. The van der Waals surface area contributed by atoms with Crippen LogP contribution in [0.2, 0.25) is 0 Å². The molecule has 0 aliphatic rings. The predicted octanol–water partition coefficient (Wildman–Crippen LogP) is 13.5. The number of para-hydroxylation sites is 2. The molecular formula is C52H32N4O. The summed E-state index contributed by atoms with van der Waals surface area (Å²) in [6.45, 7) is 0. The number of pyridine rings is 1. The second-order valence-corrected chi connectivity index (χ2v) is 14.2. The number of nitrogens with zero attached hydrogens (tertiary/aromatic N) is 4. The van der Waals surface area contributed by atoms with Crippen molar-refractivity contribution in [1.29, 1.82) is 0 Å². The van der Waals surface area contributed by atoms with Crippen LogP contribution < -0.4 is 0 Å². The maximum Gasteiger partial charge on any atom is 0.164 e. The average Bonchev–Trinajstić information content (AvgIpc) is 3.67. The van der Waals surface area contributed by atoms with Crippen molar-refractivity contribution in [2.45, 2.75) is 0 Å². The lowest BCUT2D eigenvalue weighted by Crippen LogP contribution is -2.00. The summed E-state index contributed by atoms with van der Waals surface area (Å²) in [4.78, 5) is 20.6. The van der Waals surface area contributed by atoms with E-state index in [9.17, 15) is 0 Å². The molecule has 0 saturated heterocycles. The molecule has 11 aromatic rings. The third-order valence-corrected chi connectivity index (χ3v) is 10.7. The highest BCUT2D eigenvalue weighted by Crippen LogP contribution is 2.46. The number of fused-ring (bicyclic) bond motifs is 6. The second-order valence-electron chi connectivity index (χ2n) is 14.2. The Balaban J connectivity index is 1.16. The second kappa shape index (κ2) is 13.5. The molecule has 0 unspecified atom stereocenters. The van der Waals surface area contributed by atoms with Crippen LogP contribution in [0.15, 0.2) is 199 Å². The van der Waals surface area contributed by atoms with Crippen molar-refractivity contribution >= 4 is 43.6 Å². The van der Waals surface area contributed by atoms with Gasteiger partial charge in [-0.1, -0.05) is 170 Å². The van der Waals surface area contributed by atoms with Crippen LogP contribution in [0.4, 0.5) is 0 Å². The van der Waals surface area contributed by atoms with Gasteiger partial charge in [-0.3, -0.25) is 0 Å². The van der Waals surface area contributed by atoms with Crippen LogP contribution in [-0.4, -0.2) is 19.9 Å². The van der Waals surface area contributed by atoms with Crippen molar-refractivity contribution in [3.05, 3.63) is 194 Å². The highest BCUT2D eigenvalue weighted by Gasteiger charge is 2.22.